The van der Waals surface area contributed by atoms with Crippen LogP contribution in [0.2, 0.25) is 5.02 Å². The fourth-order valence-electron chi connectivity index (χ4n) is 1.49. The minimum atomic E-state index is -0.587. The van der Waals surface area contributed by atoms with E-state index < -0.39 is 11.8 Å². The molecule has 0 aliphatic carbocycles. The molecule has 1 aromatic carbocycles. The number of urea groups is 1. The maximum absolute atomic E-state index is 13.5. The van der Waals surface area contributed by atoms with Crippen LogP contribution in [0.25, 0.3) is 0 Å². The molecule has 1 rings (SSSR count). The molecular formula is C12H16ClFN2O2. The third-order valence-corrected chi connectivity index (χ3v) is 2.56. The molecule has 6 heteroatoms. The summed E-state index contributed by atoms with van der Waals surface area (Å²) in [5.41, 5.74) is 0.0726. The lowest BCUT2D eigenvalue weighted by atomic mass is 10.3. The second-order valence-electron chi connectivity index (χ2n) is 3.76. The molecule has 2 amide bonds. The molecule has 0 fully saturated rings. The average Bonchev–Trinajstić information content (AvgIpc) is 2.32. The van der Waals surface area contributed by atoms with Gasteiger partial charge in [0.05, 0.1) is 12.3 Å². The third-order valence-electron chi connectivity index (χ3n) is 2.32. The fourth-order valence-corrected chi connectivity index (χ4v) is 1.65. The maximum atomic E-state index is 13.5. The molecule has 0 saturated carbocycles. The van der Waals surface area contributed by atoms with Crippen molar-refractivity contribution in [2.24, 2.45) is 0 Å². The largest absolute Gasteiger partial charge is 0.395 e. The van der Waals surface area contributed by atoms with Gasteiger partial charge in [0.15, 0.2) is 0 Å². The van der Waals surface area contributed by atoms with Crippen LogP contribution < -0.4 is 5.32 Å². The van der Waals surface area contributed by atoms with Crippen molar-refractivity contribution in [3.63, 3.8) is 0 Å². The number of aliphatic hydroxyl groups excluding tert-OH is 1. The molecule has 0 heterocycles. The van der Waals surface area contributed by atoms with E-state index in [1.165, 1.54) is 17.0 Å². The van der Waals surface area contributed by atoms with Gasteiger partial charge in [0.2, 0.25) is 0 Å². The van der Waals surface area contributed by atoms with Gasteiger partial charge in [0.1, 0.15) is 5.82 Å². The quantitative estimate of drug-likeness (QED) is 0.867. The zero-order valence-electron chi connectivity index (χ0n) is 10.1. The molecule has 0 radical (unpaired) electrons. The standard InChI is InChI=1S/C12H16ClFN2O2/c1-2-5-16(6-7-17)12(18)15-11-4-3-9(13)8-10(11)14/h3-4,8,17H,2,5-7H2,1H3,(H,15,18). The van der Waals surface area contributed by atoms with E-state index >= 15 is 0 Å². The molecule has 0 unspecified atom stereocenters. The average molecular weight is 275 g/mol. The van der Waals surface area contributed by atoms with Gasteiger partial charge in [-0.25, -0.2) is 9.18 Å². The van der Waals surface area contributed by atoms with Crippen LogP contribution in [0.5, 0.6) is 0 Å². The third kappa shape index (κ3) is 4.16. The van der Waals surface area contributed by atoms with Gasteiger partial charge in [-0.05, 0) is 24.6 Å². The normalized spacial score (nSPS) is 10.2. The van der Waals surface area contributed by atoms with Crippen LogP contribution in [0.4, 0.5) is 14.9 Å². The lowest BCUT2D eigenvalue weighted by molar-refractivity contribution is 0.188. The van der Waals surface area contributed by atoms with Crippen LogP contribution in [-0.2, 0) is 0 Å². The number of halogens is 2. The number of nitrogens with zero attached hydrogens (tertiary/aromatic N) is 1. The van der Waals surface area contributed by atoms with E-state index in [4.69, 9.17) is 16.7 Å². The summed E-state index contributed by atoms with van der Waals surface area (Å²) < 4.78 is 13.5. The zero-order valence-corrected chi connectivity index (χ0v) is 10.9. The number of hydrogen-bond acceptors (Lipinski definition) is 2. The van der Waals surface area contributed by atoms with Crippen molar-refractivity contribution in [2.45, 2.75) is 13.3 Å². The first-order valence-electron chi connectivity index (χ1n) is 5.70. The van der Waals surface area contributed by atoms with Crippen LogP contribution in [0, 0.1) is 5.82 Å². The van der Waals surface area contributed by atoms with Gasteiger partial charge in [-0.1, -0.05) is 18.5 Å². The Morgan fingerprint density at radius 1 is 1.50 bits per heavy atom. The van der Waals surface area contributed by atoms with E-state index in [9.17, 15) is 9.18 Å². The minimum Gasteiger partial charge on any atom is -0.395 e. The molecule has 0 saturated heterocycles. The van der Waals surface area contributed by atoms with Crippen molar-refractivity contribution in [3.8, 4) is 0 Å². The fraction of sp³-hybridized carbons (Fsp3) is 0.417. The summed E-state index contributed by atoms with van der Waals surface area (Å²) in [4.78, 5) is 13.3. The summed E-state index contributed by atoms with van der Waals surface area (Å²) in [5.74, 6) is -0.587. The SMILES string of the molecule is CCCN(CCO)C(=O)Nc1ccc(Cl)cc1F. The zero-order chi connectivity index (χ0) is 13.5. The van der Waals surface area contributed by atoms with Crippen molar-refractivity contribution in [2.75, 3.05) is 25.0 Å². The maximum Gasteiger partial charge on any atom is 0.322 e. The Bertz CT molecular complexity index is 409. The number of rotatable bonds is 5. The van der Waals surface area contributed by atoms with Gasteiger partial charge in [0, 0.05) is 18.1 Å². The Morgan fingerprint density at radius 3 is 2.78 bits per heavy atom. The molecule has 0 aliphatic heterocycles. The monoisotopic (exact) mass is 274 g/mol. The lowest BCUT2D eigenvalue weighted by Crippen LogP contribution is -2.37. The molecule has 0 aliphatic rings. The van der Waals surface area contributed by atoms with E-state index in [2.05, 4.69) is 5.32 Å². The summed E-state index contributed by atoms with van der Waals surface area (Å²) >= 11 is 5.62. The highest BCUT2D eigenvalue weighted by atomic mass is 35.5. The molecule has 18 heavy (non-hydrogen) atoms. The van der Waals surface area contributed by atoms with Crippen LogP contribution in [0.3, 0.4) is 0 Å². The van der Waals surface area contributed by atoms with Crippen molar-refractivity contribution in [1.29, 1.82) is 0 Å². The number of amides is 2. The summed E-state index contributed by atoms with van der Waals surface area (Å²) in [6.45, 7) is 2.51. The first-order valence-corrected chi connectivity index (χ1v) is 6.08. The molecule has 0 spiro atoms. The number of hydrogen-bond donors (Lipinski definition) is 2. The number of aliphatic hydroxyl groups is 1. The summed E-state index contributed by atoms with van der Waals surface area (Å²) in [6, 6.07) is 3.59. The molecule has 4 nitrogen and oxygen atoms in total. The van der Waals surface area contributed by atoms with Gasteiger partial charge in [0.25, 0.3) is 0 Å². The van der Waals surface area contributed by atoms with Crippen LogP contribution in [-0.4, -0.2) is 35.7 Å². The highest BCUT2D eigenvalue weighted by Crippen LogP contribution is 2.19. The number of benzene rings is 1. The van der Waals surface area contributed by atoms with Crippen molar-refractivity contribution < 1.29 is 14.3 Å². The highest BCUT2D eigenvalue weighted by Gasteiger charge is 2.14. The van der Waals surface area contributed by atoms with Gasteiger partial charge in [-0.15, -0.1) is 0 Å². The van der Waals surface area contributed by atoms with Crippen LogP contribution in [0.1, 0.15) is 13.3 Å². The van der Waals surface area contributed by atoms with Gasteiger partial charge in [-0.2, -0.15) is 0 Å². The van der Waals surface area contributed by atoms with Crippen molar-refractivity contribution >= 4 is 23.3 Å². The van der Waals surface area contributed by atoms with Crippen molar-refractivity contribution in [3.05, 3.63) is 29.0 Å². The second-order valence-corrected chi connectivity index (χ2v) is 4.20. The number of anilines is 1. The second kappa shape index (κ2) is 7.18. The number of carbonyl (C=O) groups is 1. The van der Waals surface area contributed by atoms with E-state index in [0.29, 0.717) is 6.54 Å². The Labute approximate surface area is 110 Å². The Morgan fingerprint density at radius 2 is 2.22 bits per heavy atom. The van der Waals surface area contributed by atoms with E-state index in [1.54, 1.807) is 0 Å². The summed E-state index contributed by atoms with van der Waals surface area (Å²) in [5, 5.41) is 11.6. The molecule has 0 aromatic heterocycles. The van der Waals surface area contributed by atoms with Crippen LogP contribution >= 0.6 is 11.6 Å². The topological polar surface area (TPSA) is 52.6 Å². The lowest BCUT2D eigenvalue weighted by Gasteiger charge is -2.21. The number of carbonyl (C=O) groups excluding carboxylic acids is 1. The first kappa shape index (κ1) is 14.7. The molecule has 0 bridgehead atoms. The first-order chi connectivity index (χ1) is 8.58. The Balaban J connectivity index is 2.72. The summed E-state index contributed by atoms with van der Waals surface area (Å²) in [6.07, 6.45) is 0.760. The Kier molecular flexibility index (Phi) is 5.88. The molecule has 100 valence electrons. The summed E-state index contributed by atoms with van der Waals surface area (Å²) in [7, 11) is 0. The minimum absolute atomic E-state index is 0.0726. The van der Waals surface area contributed by atoms with E-state index in [1.807, 2.05) is 6.92 Å². The Hall–Kier alpha value is -1.33. The highest BCUT2D eigenvalue weighted by molar-refractivity contribution is 6.30. The van der Waals surface area contributed by atoms with E-state index in [0.717, 1.165) is 12.5 Å². The van der Waals surface area contributed by atoms with E-state index in [-0.39, 0.29) is 23.9 Å². The van der Waals surface area contributed by atoms with Gasteiger partial charge >= 0.3 is 6.03 Å². The molecule has 0 atom stereocenters. The predicted molar refractivity (Wildman–Crippen MR) is 69.4 cm³/mol. The van der Waals surface area contributed by atoms with Crippen LogP contribution in [0.15, 0.2) is 18.2 Å². The number of nitrogens with one attached hydrogen (secondary N) is 1. The van der Waals surface area contributed by atoms with Gasteiger partial charge in [-0.3, -0.25) is 0 Å². The molecule has 2 N–H and O–H groups in total. The molecule has 1 aromatic rings. The smallest absolute Gasteiger partial charge is 0.322 e. The van der Waals surface area contributed by atoms with Gasteiger partial charge < -0.3 is 15.3 Å². The van der Waals surface area contributed by atoms with Crippen molar-refractivity contribution in [1.82, 2.24) is 4.90 Å². The predicted octanol–water partition coefficient (Wildman–Crippen LogP) is 2.72. The molecular weight excluding hydrogens is 259 g/mol.